The van der Waals surface area contributed by atoms with E-state index in [-0.39, 0.29) is 6.04 Å². The molecule has 4 N–H and O–H groups in total. The first-order valence-electron chi connectivity index (χ1n) is 6.38. The van der Waals surface area contributed by atoms with E-state index in [2.05, 4.69) is 15.0 Å². The van der Waals surface area contributed by atoms with Gasteiger partial charge in [-0.1, -0.05) is 16.8 Å². The molecule has 0 spiro atoms. The van der Waals surface area contributed by atoms with Crippen molar-refractivity contribution in [2.24, 2.45) is 11.7 Å². The molecule has 2 aromatic rings. The maximum absolute atomic E-state index is 6.22. The molecule has 2 aliphatic rings. The molecule has 1 saturated heterocycles. The van der Waals surface area contributed by atoms with Crippen molar-refractivity contribution >= 4 is 34.2 Å². The highest BCUT2D eigenvalue weighted by atomic mass is 35.5. The molecule has 1 aliphatic heterocycles. The molecule has 7 heteroatoms. The Bertz CT molecular complexity index is 657. The normalized spacial score (nSPS) is 29.6. The van der Waals surface area contributed by atoms with Gasteiger partial charge in [-0.25, -0.2) is 4.98 Å². The molecule has 3 atom stereocenters. The van der Waals surface area contributed by atoms with Gasteiger partial charge >= 0.3 is 0 Å². The van der Waals surface area contributed by atoms with Crippen LogP contribution in [0, 0.1) is 5.92 Å². The van der Waals surface area contributed by atoms with Crippen molar-refractivity contribution in [3.63, 3.8) is 0 Å². The van der Waals surface area contributed by atoms with Crippen LogP contribution in [0.1, 0.15) is 12.8 Å². The molecular weight excluding hydrogens is 266 g/mol. The van der Waals surface area contributed by atoms with Gasteiger partial charge < -0.3 is 20.9 Å². The van der Waals surface area contributed by atoms with Gasteiger partial charge in [0.2, 0.25) is 5.58 Å². The summed E-state index contributed by atoms with van der Waals surface area (Å²) in [5.41, 5.74) is 12.6. The molecule has 0 unspecified atom stereocenters. The maximum atomic E-state index is 6.22. The predicted molar refractivity (Wildman–Crippen MR) is 73.1 cm³/mol. The first kappa shape index (κ1) is 11.3. The smallest absolute Gasteiger partial charge is 0.213 e. The standard InChI is InChI=1S/C12H14ClN5O/c13-6-3-16-12(10-8(6)11(15)17-19-10)18-4-5-1-2-7(18)9(5)14/h3,5,7,9H,1-2,4,14H2,(H2,15,17)/t5-,7-,9+/m0/s1. The van der Waals surface area contributed by atoms with Gasteiger partial charge in [0.25, 0.3) is 0 Å². The van der Waals surface area contributed by atoms with Crippen molar-refractivity contribution in [1.29, 1.82) is 0 Å². The molecule has 2 fully saturated rings. The minimum absolute atomic E-state index is 0.216. The van der Waals surface area contributed by atoms with Crippen LogP contribution in [0.5, 0.6) is 0 Å². The number of nitrogens with two attached hydrogens (primary N) is 2. The molecule has 2 aromatic heterocycles. The zero-order valence-corrected chi connectivity index (χ0v) is 11.0. The molecule has 4 rings (SSSR count). The first-order valence-corrected chi connectivity index (χ1v) is 6.76. The number of aromatic nitrogens is 2. The molecule has 0 amide bonds. The molecule has 3 heterocycles. The monoisotopic (exact) mass is 279 g/mol. The van der Waals surface area contributed by atoms with Gasteiger partial charge in [-0.2, -0.15) is 0 Å². The molecular formula is C12H14ClN5O. The summed E-state index contributed by atoms with van der Waals surface area (Å²) in [7, 11) is 0. The lowest BCUT2D eigenvalue weighted by molar-refractivity contribution is 0.457. The van der Waals surface area contributed by atoms with Crippen molar-refractivity contribution in [2.75, 3.05) is 17.2 Å². The van der Waals surface area contributed by atoms with Crippen LogP contribution in [0.4, 0.5) is 11.6 Å². The quantitative estimate of drug-likeness (QED) is 0.819. The van der Waals surface area contributed by atoms with E-state index in [4.69, 9.17) is 27.6 Å². The van der Waals surface area contributed by atoms with Gasteiger partial charge in [0.1, 0.15) is 0 Å². The summed E-state index contributed by atoms with van der Waals surface area (Å²) >= 11 is 6.10. The Kier molecular flexibility index (Phi) is 2.23. The highest BCUT2D eigenvalue weighted by molar-refractivity contribution is 6.36. The number of fused-ring (bicyclic) bond motifs is 3. The molecule has 0 radical (unpaired) electrons. The fraction of sp³-hybridized carbons (Fsp3) is 0.500. The van der Waals surface area contributed by atoms with Gasteiger partial charge in [-0.05, 0) is 18.8 Å². The highest BCUT2D eigenvalue weighted by Gasteiger charge is 2.46. The zero-order valence-electron chi connectivity index (χ0n) is 10.2. The van der Waals surface area contributed by atoms with E-state index in [0.717, 1.165) is 18.8 Å². The second-order valence-corrected chi connectivity index (χ2v) is 5.74. The second-order valence-electron chi connectivity index (χ2n) is 5.34. The van der Waals surface area contributed by atoms with Gasteiger partial charge in [-0.15, -0.1) is 0 Å². The molecule has 2 bridgehead atoms. The Labute approximate surface area is 114 Å². The third-order valence-electron chi connectivity index (χ3n) is 4.39. The largest absolute Gasteiger partial charge is 0.380 e. The summed E-state index contributed by atoms with van der Waals surface area (Å²) in [6.45, 7) is 0.913. The van der Waals surface area contributed by atoms with Crippen LogP contribution in [0.2, 0.25) is 5.02 Å². The molecule has 1 saturated carbocycles. The zero-order chi connectivity index (χ0) is 13.1. The third-order valence-corrected chi connectivity index (χ3v) is 4.67. The average molecular weight is 280 g/mol. The van der Waals surface area contributed by atoms with E-state index >= 15 is 0 Å². The number of halogens is 1. The fourth-order valence-electron chi connectivity index (χ4n) is 3.42. The highest BCUT2D eigenvalue weighted by Crippen LogP contribution is 2.42. The topological polar surface area (TPSA) is 94.2 Å². The predicted octanol–water partition coefficient (Wildman–Crippen LogP) is 1.38. The van der Waals surface area contributed by atoms with Crippen molar-refractivity contribution in [2.45, 2.75) is 24.9 Å². The molecule has 0 aromatic carbocycles. The van der Waals surface area contributed by atoms with Gasteiger partial charge in [0, 0.05) is 24.8 Å². The van der Waals surface area contributed by atoms with Crippen LogP contribution >= 0.6 is 11.6 Å². The summed E-state index contributed by atoms with van der Waals surface area (Å²) in [5.74, 6) is 1.60. The van der Waals surface area contributed by atoms with Crippen molar-refractivity contribution in [3.05, 3.63) is 11.2 Å². The number of nitrogens with zero attached hydrogens (tertiary/aromatic N) is 3. The number of nitrogen functional groups attached to an aromatic ring is 1. The van der Waals surface area contributed by atoms with E-state index in [0.29, 0.717) is 33.8 Å². The Hall–Kier alpha value is -1.53. The van der Waals surface area contributed by atoms with Crippen LogP contribution in [0.3, 0.4) is 0 Å². The molecule has 100 valence electrons. The van der Waals surface area contributed by atoms with Crippen molar-refractivity contribution in [1.82, 2.24) is 10.1 Å². The Balaban J connectivity index is 1.87. The SMILES string of the molecule is Nc1noc2c(N3C[C@@H]4CC[C@H]3[C@@H]4N)ncc(Cl)c12. The summed E-state index contributed by atoms with van der Waals surface area (Å²) in [4.78, 5) is 6.61. The fourth-order valence-corrected chi connectivity index (χ4v) is 3.65. The lowest BCUT2D eigenvalue weighted by Gasteiger charge is -2.27. The lowest BCUT2D eigenvalue weighted by Crippen LogP contribution is -2.38. The van der Waals surface area contributed by atoms with E-state index in [1.165, 1.54) is 6.42 Å². The summed E-state index contributed by atoms with van der Waals surface area (Å²) in [6.07, 6.45) is 3.89. The number of piperidine rings is 1. The second kappa shape index (κ2) is 3.74. The van der Waals surface area contributed by atoms with Crippen molar-refractivity contribution < 1.29 is 4.52 Å². The summed E-state index contributed by atoms with van der Waals surface area (Å²) in [5, 5.41) is 4.90. The number of rotatable bonds is 1. The van der Waals surface area contributed by atoms with Crippen LogP contribution in [0.15, 0.2) is 10.7 Å². The third kappa shape index (κ3) is 1.41. The van der Waals surface area contributed by atoms with E-state index in [9.17, 15) is 0 Å². The van der Waals surface area contributed by atoms with Crippen LogP contribution in [-0.4, -0.2) is 28.8 Å². The van der Waals surface area contributed by atoms with E-state index in [1.54, 1.807) is 6.20 Å². The number of pyridine rings is 1. The Morgan fingerprint density at radius 3 is 2.95 bits per heavy atom. The number of hydrogen-bond acceptors (Lipinski definition) is 6. The average Bonchev–Trinajstić information content (AvgIpc) is 3.05. The van der Waals surface area contributed by atoms with Gasteiger partial charge in [0.05, 0.1) is 10.4 Å². The Morgan fingerprint density at radius 1 is 1.42 bits per heavy atom. The minimum atomic E-state index is 0.216. The first-order chi connectivity index (χ1) is 9.16. The maximum Gasteiger partial charge on any atom is 0.213 e. The number of anilines is 2. The minimum Gasteiger partial charge on any atom is -0.380 e. The van der Waals surface area contributed by atoms with Crippen LogP contribution in [0.25, 0.3) is 11.0 Å². The lowest BCUT2D eigenvalue weighted by atomic mass is 10.1. The molecule has 19 heavy (non-hydrogen) atoms. The van der Waals surface area contributed by atoms with Gasteiger partial charge in [-0.3, -0.25) is 0 Å². The summed E-state index contributed by atoms with van der Waals surface area (Å²) < 4.78 is 5.31. The van der Waals surface area contributed by atoms with E-state index < -0.39 is 0 Å². The van der Waals surface area contributed by atoms with Crippen LogP contribution in [-0.2, 0) is 0 Å². The molecule has 1 aliphatic carbocycles. The Morgan fingerprint density at radius 2 is 2.26 bits per heavy atom. The van der Waals surface area contributed by atoms with Crippen molar-refractivity contribution in [3.8, 4) is 0 Å². The van der Waals surface area contributed by atoms with Gasteiger partial charge in [0.15, 0.2) is 11.6 Å². The molecule has 6 nitrogen and oxygen atoms in total. The number of hydrogen-bond donors (Lipinski definition) is 2. The summed E-state index contributed by atoms with van der Waals surface area (Å²) in [6, 6.07) is 0.543. The van der Waals surface area contributed by atoms with Crippen LogP contribution < -0.4 is 16.4 Å². The van der Waals surface area contributed by atoms with E-state index in [1.807, 2.05) is 0 Å².